The Hall–Kier alpha value is -3.51. The van der Waals surface area contributed by atoms with E-state index in [2.05, 4.69) is 16.0 Å². The van der Waals surface area contributed by atoms with E-state index in [0.29, 0.717) is 19.4 Å². The van der Waals surface area contributed by atoms with Crippen LogP contribution in [-0.2, 0) is 30.4 Å². The molecule has 188 valence electrons. The molecule has 1 aromatic carbocycles. The molecular weight excluding hydrogens is 444 g/mol. The lowest BCUT2D eigenvalue weighted by molar-refractivity contribution is -0.138. The molecule has 0 aliphatic heterocycles. The zero-order chi connectivity index (χ0) is 25.5. The second-order valence-electron chi connectivity index (χ2n) is 7.82. The van der Waals surface area contributed by atoms with Crippen molar-refractivity contribution in [2.75, 3.05) is 13.1 Å². The van der Waals surface area contributed by atoms with Gasteiger partial charge in [-0.3, -0.25) is 24.0 Å². The number of primary amides is 1. The van der Waals surface area contributed by atoms with Gasteiger partial charge in [0.25, 0.3) is 0 Å². The molecule has 0 saturated carbocycles. The highest BCUT2D eigenvalue weighted by Gasteiger charge is 2.28. The highest BCUT2D eigenvalue weighted by atomic mass is 16.4. The maximum atomic E-state index is 13.0. The van der Waals surface area contributed by atoms with Crippen molar-refractivity contribution in [1.29, 1.82) is 0 Å². The molecule has 0 fully saturated rings. The molecule has 0 aliphatic rings. The van der Waals surface area contributed by atoms with E-state index >= 15 is 0 Å². The summed E-state index contributed by atoms with van der Waals surface area (Å²) in [5.74, 6) is -3.76. The second-order valence-corrected chi connectivity index (χ2v) is 7.82. The molecule has 1 rings (SSSR count). The third kappa shape index (κ3) is 11.4. The van der Waals surface area contributed by atoms with E-state index in [1.165, 1.54) is 0 Å². The van der Waals surface area contributed by atoms with Crippen molar-refractivity contribution in [2.45, 2.75) is 56.7 Å². The molecule has 4 amide bonds. The van der Waals surface area contributed by atoms with Gasteiger partial charge in [0.1, 0.15) is 18.6 Å². The number of benzene rings is 1. The average molecular weight is 479 g/mol. The van der Waals surface area contributed by atoms with Gasteiger partial charge in [0, 0.05) is 12.8 Å². The standard InChI is InChI=1S/C22H34N6O6/c23-11-5-4-8-16(27-20(32)15(24)9-10-18(25)29)22(34)28-17(21(33)26-13-19(30)31)12-14-6-2-1-3-7-14/h1-3,6-7,15-17H,4-5,8-13,23-24H2,(H2,25,29)(H,26,33)(H,27,32)(H,28,34)(H,30,31). The number of carbonyl (C=O) groups is 5. The van der Waals surface area contributed by atoms with Gasteiger partial charge in [0.15, 0.2) is 0 Å². The van der Waals surface area contributed by atoms with Gasteiger partial charge in [-0.05, 0) is 37.8 Å². The predicted molar refractivity (Wildman–Crippen MR) is 124 cm³/mol. The van der Waals surface area contributed by atoms with Crippen LogP contribution in [0.15, 0.2) is 30.3 Å². The van der Waals surface area contributed by atoms with Crippen molar-refractivity contribution in [3.05, 3.63) is 35.9 Å². The van der Waals surface area contributed by atoms with Gasteiger partial charge in [0.05, 0.1) is 6.04 Å². The van der Waals surface area contributed by atoms with E-state index in [9.17, 15) is 24.0 Å². The van der Waals surface area contributed by atoms with Crippen LogP contribution in [0, 0.1) is 0 Å². The molecule has 0 radical (unpaired) electrons. The number of amides is 4. The summed E-state index contributed by atoms with van der Waals surface area (Å²) in [6, 6.07) is 5.74. The Morgan fingerprint density at radius 1 is 0.882 bits per heavy atom. The first-order valence-electron chi connectivity index (χ1n) is 11.0. The fraction of sp³-hybridized carbons (Fsp3) is 0.500. The normalized spacial score (nSPS) is 13.2. The number of carboxylic acids is 1. The summed E-state index contributed by atoms with van der Waals surface area (Å²) in [6.45, 7) is -0.208. The summed E-state index contributed by atoms with van der Waals surface area (Å²) in [5, 5.41) is 16.3. The third-order valence-corrected chi connectivity index (χ3v) is 4.95. The van der Waals surface area contributed by atoms with Crippen LogP contribution >= 0.6 is 0 Å². The van der Waals surface area contributed by atoms with E-state index in [0.717, 1.165) is 5.56 Å². The van der Waals surface area contributed by atoms with Crippen LogP contribution in [0.4, 0.5) is 0 Å². The van der Waals surface area contributed by atoms with Crippen LogP contribution in [-0.4, -0.2) is 65.9 Å². The molecule has 10 N–H and O–H groups in total. The lowest BCUT2D eigenvalue weighted by atomic mass is 10.0. The van der Waals surface area contributed by atoms with Gasteiger partial charge in [0.2, 0.25) is 23.6 Å². The van der Waals surface area contributed by atoms with Crippen LogP contribution in [0.5, 0.6) is 0 Å². The van der Waals surface area contributed by atoms with Gasteiger partial charge < -0.3 is 38.3 Å². The summed E-state index contributed by atoms with van der Waals surface area (Å²) < 4.78 is 0. The number of carboxylic acid groups (broad SMARTS) is 1. The summed E-state index contributed by atoms with van der Waals surface area (Å²) in [7, 11) is 0. The number of rotatable bonds is 16. The van der Waals surface area contributed by atoms with Crippen molar-refractivity contribution in [2.24, 2.45) is 17.2 Å². The third-order valence-electron chi connectivity index (χ3n) is 4.95. The van der Waals surface area contributed by atoms with E-state index in [1.54, 1.807) is 30.3 Å². The molecule has 0 spiro atoms. The van der Waals surface area contributed by atoms with Gasteiger partial charge in [-0.25, -0.2) is 0 Å². The van der Waals surface area contributed by atoms with E-state index in [4.69, 9.17) is 22.3 Å². The smallest absolute Gasteiger partial charge is 0.322 e. The summed E-state index contributed by atoms with van der Waals surface area (Å²) in [4.78, 5) is 59.9. The Labute approximate surface area is 198 Å². The maximum absolute atomic E-state index is 13.0. The molecule has 3 atom stereocenters. The first-order chi connectivity index (χ1) is 16.1. The number of carbonyl (C=O) groups excluding carboxylic acids is 4. The van der Waals surface area contributed by atoms with Crippen LogP contribution in [0.3, 0.4) is 0 Å². The van der Waals surface area contributed by atoms with Gasteiger partial charge in [-0.15, -0.1) is 0 Å². The van der Waals surface area contributed by atoms with Gasteiger partial charge in [-0.2, -0.15) is 0 Å². The molecule has 0 aliphatic carbocycles. The van der Waals surface area contributed by atoms with Gasteiger partial charge in [-0.1, -0.05) is 30.3 Å². The minimum absolute atomic E-state index is 0.0204. The van der Waals surface area contributed by atoms with Crippen molar-refractivity contribution < 1.29 is 29.1 Å². The van der Waals surface area contributed by atoms with E-state index in [1.807, 2.05) is 0 Å². The highest BCUT2D eigenvalue weighted by molar-refractivity contribution is 5.93. The Morgan fingerprint density at radius 3 is 2.12 bits per heavy atom. The van der Waals surface area contributed by atoms with E-state index in [-0.39, 0.29) is 25.7 Å². The molecule has 0 saturated heterocycles. The van der Waals surface area contributed by atoms with Crippen LogP contribution in [0.25, 0.3) is 0 Å². The molecule has 0 heterocycles. The van der Waals surface area contributed by atoms with Crippen molar-refractivity contribution in [3.63, 3.8) is 0 Å². The number of aliphatic carboxylic acids is 1. The molecule has 34 heavy (non-hydrogen) atoms. The number of hydrogen-bond donors (Lipinski definition) is 7. The maximum Gasteiger partial charge on any atom is 0.322 e. The second kappa shape index (κ2) is 15.3. The molecule has 0 aromatic heterocycles. The van der Waals surface area contributed by atoms with Crippen LogP contribution in [0.1, 0.15) is 37.7 Å². The molecule has 0 bridgehead atoms. The predicted octanol–water partition coefficient (Wildman–Crippen LogP) is -1.88. The molecule has 12 heteroatoms. The number of nitrogens with two attached hydrogens (primary N) is 3. The molecule has 1 aromatic rings. The minimum atomic E-state index is -1.23. The molecule has 12 nitrogen and oxygen atoms in total. The fourth-order valence-corrected chi connectivity index (χ4v) is 3.09. The zero-order valence-corrected chi connectivity index (χ0v) is 19.0. The highest BCUT2D eigenvalue weighted by Crippen LogP contribution is 2.07. The summed E-state index contributed by atoms with van der Waals surface area (Å²) in [5.41, 5.74) is 17.1. The lowest BCUT2D eigenvalue weighted by Gasteiger charge is -2.24. The number of nitrogens with one attached hydrogen (secondary N) is 3. The van der Waals surface area contributed by atoms with Crippen molar-refractivity contribution >= 4 is 29.6 Å². The largest absolute Gasteiger partial charge is 0.480 e. The van der Waals surface area contributed by atoms with Crippen LogP contribution < -0.4 is 33.2 Å². The lowest BCUT2D eigenvalue weighted by Crippen LogP contribution is -2.56. The zero-order valence-electron chi connectivity index (χ0n) is 19.0. The first-order valence-corrected chi connectivity index (χ1v) is 11.0. The Balaban J connectivity index is 2.95. The quantitative estimate of drug-likeness (QED) is 0.133. The Bertz CT molecular complexity index is 834. The SMILES string of the molecule is NCCCCC(NC(=O)C(N)CCC(N)=O)C(=O)NC(Cc1ccccc1)C(=O)NCC(=O)O. The Kier molecular flexibility index (Phi) is 12.9. The van der Waals surface area contributed by atoms with Crippen molar-refractivity contribution in [3.8, 4) is 0 Å². The van der Waals surface area contributed by atoms with Crippen LogP contribution in [0.2, 0.25) is 0 Å². The molecular formula is C22H34N6O6. The molecule has 3 unspecified atom stereocenters. The number of hydrogen-bond acceptors (Lipinski definition) is 7. The topological polar surface area (TPSA) is 220 Å². The van der Waals surface area contributed by atoms with E-state index < -0.39 is 54.3 Å². The summed E-state index contributed by atoms with van der Waals surface area (Å²) in [6.07, 6.45) is 1.43. The minimum Gasteiger partial charge on any atom is -0.480 e. The first kappa shape index (κ1) is 28.5. The fourth-order valence-electron chi connectivity index (χ4n) is 3.09. The monoisotopic (exact) mass is 478 g/mol. The summed E-state index contributed by atoms with van der Waals surface area (Å²) >= 11 is 0. The number of unbranched alkanes of at least 4 members (excludes halogenated alkanes) is 1. The average Bonchev–Trinajstić information content (AvgIpc) is 2.80. The van der Waals surface area contributed by atoms with Crippen molar-refractivity contribution in [1.82, 2.24) is 16.0 Å². The van der Waals surface area contributed by atoms with Gasteiger partial charge >= 0.3 is 5.97 Å². The Morgan fingerprint density at radius 2 is 1.53 bits per heavy atom.